The van der Waals surface area contributed by atoms with Gasteiger partial charge in [0.25, 0.3) is 10.0 Å². The number of benzene rings is 2. The Morgan fingerprint density at radius 2 is 1.69 bits per heavy atom. The summed E-state index contributed by atoms with van der Waals surface area (Å²) in [6.45, 7) is 9.44. The largest absolute Gasteiger partial charge is 0.344 e. The van der Waals surface area contributed by atoms with Crippen molar-refractivity contribution in [1.29, 1.82) is 0 Å². The summed E-state index contributed by atoms with van der Waals surface area (Å²) in [5.74, 6) is -0.0459. The first kappa shape index (κ1) is 23.0. The zero-order chi connectivity index (χ0) is 25.1. The molecule has 0 aliphatic rings. The molecular formula is C27H26N4O3S. The molecule has 0 radical (unpaired) electrons. The van der Waals surface area contributed by atoms with E-state index >= 15 is 0 Å². The monoisotopic (exact) mass is 486 g/mol. The summed E-state index contributed by atoms with van der Waals surface area (Å²) in [6, 6.07) is 12.4. The third-order valence-corrected chi connectivity index (χ3v) is 7.77. The highest BCUT2D eigenvalue weighted by molar-refractivity contribution is 7.90. The molecule has 0 aliphatic heterocycles. The highest BCUT2D eigenvalue weighted by atomic mass is 32.2. The molecule has 0 unspecified atom stereocenters. The average Bonchev–Trinajstić information content (AvgIpc) is 3.39. The summed E-state index contributed by atoms with van der Waals surface area (Å²) in [5, 5.41) is 0.744. The molecule has 0 saturated heterocycles. The molecule has 0 amide bonds. The SMILES string of the molecule is Cc1ccc(S(=O)(=O)n2cc(-c3cnc4[nH]cc(C(=O)C(C)(C)C)c4n3)c3cc(C)ccc32)cc1. The van der Waals surface area contributed by atoms with Gasteiger partial charge in [0.1, 0.15) is 5.52 Å². The van der Waals surface area contributed by atoms with Gasteiger partial charge in [-0.2, -0.15) is 0 Å². The molecule has 35 heavy (non-hydrogen) atoms. The molecule has 178 valence electrons. The molecule has 0 fully saturated rings. The van der Waals surface area contributed by atoms with Crippen LogP contribution >= 0.6 is 0 Å². The van der Waals surface area contributed by atoms with Crippen molar-refractivity contribution in [1.82, 2.24) is 18.9 Å². The molecule has 8 heteroatoms. The van der Waals surface area contributed by atoms with Gasteiger partial charge in [-0.05, 0) is 38.1 Å². The molecule has 5 aromatic rings. The van der Waals surface area contributed by atoms with Crippen LogP contribution < -0.4 is 0 Å². The Hall–Kier alpha value is -3.78. The van der Waals surface area contributed by atoms with E-state index in [-0.39, 0.29) is 10.7 Å². The third kappa shape index (κ3) is 3.83. The van der Waals surface area contributed by atoms with E-state index in [9.17, 15) is 13.2 Å². The van der Waals surface area contributed by atoms with Gasteiger partial charge in [-0.1, -0.05) is 50.1 Å². The van der Waals surface area contributed by atoms with Crippen LogP contribution in [0.5, 0.6) is 0 Å². The molecule has 0 saturated carbocycles. The minimum Gasteiger partial charge on any atom is -0.344 e. The number of hydrogen-bond donors (Lipinski definition) is 1. The Bertz CT molecular complexity index is 1720. The Kier molecular flexibility index (Phi) is 5.18. The van der Waals surface area contributed by atoms with Crippen LogP contribution in [0.2, 0.25) is 0 Å². The number of hydrogen-bond acceptors (Lipinski definition) is 5. The van der Waals surface area contributed by atoms with Crippen molar-refractivity contribution in [3.8, 4) is 11.3 Å². The van der Waals surface area contributed by atoms with E-state index in [1.54, 1.807) is 48.9 Å². The molecule has 5 rings (SSSR count). The summed E-state index contributed by atoms with van der Waals surface area (Å²) in [7, 11) is -3.85. The number of fused-ring (bicyclic) bond motifs is 2. The van der Waals surface area contributed by atoms with Gasteiger partial charge in [-0.15, -0.1) is 0 Å². The Morgan fingerprint density at radius 1 is 1.00 bits per heavy atom. The van der Waals surface area contributed by atoms with E-state index in [4.69, 9.17) is 4.98 Å². The maximum atomic E-state index is 13.6. The zero-order valence-corrected chi connectivity index (χ0v) is 21.1. The number of H-pyrrole nitrogens is 1. The molecule has 2 aromatic carbocycles. The Labute approximate surface area is 203 Å². The highest BCUT2D eigenvalue weighted by Gasteiger charge is 2.27. The highest BCUT2D eigenvalue weighted by Crippen LogP contribution is 2.34. The Morgan fingerprint density at radius 3 is 2.37 bits per heavy atom. The number of nitrogens with one attached hydrogen (secondary N) is 1. The van der Waals surface area contributed by atoms with Crippen LogP contribution in [0.25, 0.3) is 33.3 Å². The fourth-order valence-corrected chi connectivity index (χ4v) is 5.51. The van der Waals surface area contributed by atoms with Gasteiger partial charge in [-0.3, -0.25) is 4.79 Å². The molecule has 1 N–H and O–H groups in total. The average molecular weight is 487 g/mol. The number of aryl methyl sites for hydroxylation is 2. The summed E-state index contributed by atoms with van der Waals surface area (Å²) in [5.41, 5.74) is 4.50. The van der Waals surface area contributed by atoms with Gasteiger partial charge in [-0.25, -0.2) is 22.4 Å². The lowest BCUT2D eigenvalue weighted by Crippen LogP contribution is -2.20. The van der Waals surface area contributed by atoms with Crippen molar-refractivity contribution < 1.29 is 13.2 Å². The first-order valence-electron chi connectivity index (χ1n) is 11.3. The lowest BCUT2D eigenvalue weighted by Gasteiger charge is -2.15. The second kappa shape index (κ2) is 7.88. The van der Waals surface area contributed by atoms with Crippen molar-refractivity contribution in [3.63, 3.8) is 0 Å². The molecule has 7 nitrogen and oxygen atoms in total. The quantitative estimate of drug-likeness (QED) is 0.331. The number of carbonyl (C=O) groups excluding carboxylic acids is 1. The number of ketones is 1. The van der Waals surface area contributed by atoms with Crippen molar-refractivity contribution >= 4 is 37.9 Å². The van der Waals surface area contributed by atoms with Crippen molar-refractivity contribution in [3.05, 3.63) is 77.7 Å². The number of aromatic nitrogens is 4. The fourth-order valence-electron chi connectivity index (χ4n) is 4.14. The van der Waals surface area contributed by atoms with Gasteiger partial charge >= 0.3 is 0 Å². The molecule has 0 atom stereocenters. The number of rotatable bonds is 4. The molecule has 3 aromatic heterocycles. The lowest BCUT2D eigenvalue weighted by molar-refractivity contribution is 0.0860. The summed E-state index contributed by atoms with van der Waals surface area (Å²) < 4.78 is 28.5. The summed E-state index contributed by atoms with van der Waals surface area (Å²) in [4.78, 5) is 25.5. The second-order valence-electron chi connectivity index (χ2n) is 9.91. The predicted molar refractivity (Wildman–Crippen MR) is 137 cm³/mol. The number of aromatic amines is 1. The zero-order valence-electron chi connectivity index (χ0n) is 20.2. The van der Waals surface area contributed by atoms with Crippen LogP contribution in [0, 0.1) is 19.3 Å². The van der Waals surface area contributed by atoms with Crippen LogP contribution in [0.3, 0.4) is 0 Å². The van der Waals surface area contributed by atoms with Gasteiger partial charge < -0.3 is 4.98 Å². The van der Waals surface area contributed by atoms with Gasteiger partial charge in [0.15, 0.2) is 11.4 Å². The molecule has 3 heterocycles. The van der Waals surface area contributed by atoms with Crippen LogP contribution in [0.4, 0.5) is 0 Å². The maximum Gasteiger partial charge on any atom is 0.268 e. The molecular weight excluding hydrogens is 460 g/mol. The molecule has 0 aliphatic carbocycles. The minimum atomic E-state index is -3.85. The summed E-state index contributed by atoms with van der Waals surface area (Å²) >= 11 is 0. The van der Waals surface area contributed by atoms with E-state index in [1.807, 2.05) is 46.8 Å². The fraction of sp³-hybridized carbons (Fsp3) is 0.222. The molecule has 0 bridgehead atoms. The lowest BCUT2D eigenvalue weighted by atomic mass is 9.87. The van der Waals surface area contributed by atoms with E-state index in [0.29, 0.717) is 33.5 Å². The van der Waals surface area contributed by atoms with Crippen LogP contribution in [0.15, 0.2) is 66.0 Å². The Balaban J connectivity index is 1.74. The van der Waals surface area contributed by atoms with Gasteiger partial charge in [0.2, 0.25) is 0 Å². The van der Waals surface area contributed by atoms with E-state index in [0.717, 1.165) is 16.5 Å². The minimum absolute atomic E-state index is 0.0459. The standard InChI is InChI=1S/C27H26N4O3S/c1-16-6-9-18(10-7-16)35(33,34)31-15-21(19-12-17(2)8-11-23(19)31)22-14-29-26-24(30-22)20(13-28-26)25(32)27(3,4)5/h6-15H,1-5H3,(H,28,29). The van der Waals surface area contributed by atoms with Gasteiger partial charge in [0, 0.05) is 28.8 Å². The first-order valence-corrected chi connectivity index (χ1v) is 12.7. The van der Waals surface area contributed by atoms with E-state index < -0.39 is 15.4 Å². The maximum absolute atomic E-state index is 13.6. The van der Waals surface area contributed by atoms with E-state index in [1.165, 1.54) is 3.97 Å². The summed E-state index contributed by atoms with van der Waals surface area (Å²) in [6.07, 6.45) is 4.83. The van der Waals surface area contributed by atoms with Crippen molar-refractivity contribution in [2.45, 2.75) is 39.5 Å². The van der Waals surface area contributed by atoms with E-state index in [2.05, 4.69) is 9.97 Å². The number of carbonyl (C=O) groups is 1. The number of Topliss-reactive ketones (excluding diaryl/α,β-unsaturated/α-hetero) is 1. The van der Waals surface area contributed by atoms with Crippen LogP contribution in [-0.4, -0.2) is 33.1 Å². The van der Waals surface area contributed by atoms with Crippen LogP contribution in [0.1, 0.15) is 42.3 Å². The normalized spacial score (nSPS) is 12.5. The topological polar surface area (TPSA) is 97.7 Å². The van der Waals surface area contributed by atoms with Crippen molar-refractivity contribution in [2.75, 3.05) is 0 Å². The molecule has 0 spiro atoms. The number of nitrogens with zero attached hydrogens (tertiary/aromatic N) is 3. The third-order valence-electron chi connectivity index (χ3n) is 6.09. The van der Waals surface area contributed by atoms with Crippen molar-refractivity contribution in [2.24, 2.45) is 5.41 Å². The first-order chi connectivity index (χ1) is 16.5. The smallest absolute Gasteiger partial charge is 0.268 e. The predicted octanol–water partition coefficient (Wildman–Crippen LogP) is 5.66. The second-order valence-corrected chi connectivity index (χ2v) is 11.7. The van der Waals surface area contributed by atoms with Gasteiger partial charge in [0.05, 0.1) is 27.9 Å². The van der Waals surface area contributed by atoms with Crippen LogP contribution in [-0.2, 0) is 10.0 Å².